The molecule has 1 rings (SSSR count). The molecule has 0 atom stereocenters. The Bertz CT molecular complexity index is 379. The Balaban J connectivity index is 2.31. The third-order valence-corrected chi connectivity index (χ3v) is 3.01. The lowest BCUT2D eigenvalue weighted by molar-refractivity contribution is -0.148. The molecule has 0 heterocycles. The first-order valence-electron chi connectivity index (χ1n) is 7.14. The van der Waals surface area contributed by atoms with Gasteiger partial charge in [0.2, 0.25) is 0 Å². The van der Waals surface area contributed by atoms with E-state index in [-0.39, 0.29) is 12.6 Å². The SMILES string of the molecule is CCOC(=O)COCCN(Cc1ccccc1)C(C)C. The Labute approximate surface area is 121 Å². The van der Waals surface area contributed by atoms with Crippen LogP contribution in [0, 0.1) is 0 Å². The van der Waals surface area contributed by atoms with Gasteiger partial charge in [0.15, 0.2) is 0 Å². The molecular formula is C16H25NO3. The summed E-state index contributed by atoms with van der Waals surface area (Å²) in [5.41, 5.74) is 1.28. The Kier molecular flexibility index (Phi) is 7.92. The zero-order valence-corrected chi connectivity index (χ0v) is 12.7. The van der Waals surface area contributed by atoms with Crippen LogP contribution in [0.25, 0.3) is 0 Å². The minimum Gasteiger partial charge on any atom is -0.464 e. The summed E-state index contributed by atoms with van der Waals surface area (Å²) < 4.78 is 10.2. The second-order valence-electron chi connectivity index (χ2n) is 4.91. The van der Waals surface area contributed by atoms with Gasteiger partial charge in [-0.15, -0.1) is 0 Å². The molecule has 0 bridgehead atoms. The lowest BCUT2D eigenvalue weighted by Crippen LogP contribution is -2.33. The maximum absolute atomic E-state index is 11.2. The maximum Gasteiger partial charge on any atom is 0.332 e. The van der Waals surface area contributed by atoms with Gasteiger partial charge < -0.3 is 9.47 Å². The van der Waals surface area contributed by atoms with E-state index in [0.717, 1.165) is 13.1 Å². The number of nitrogens with zero attached hydrogens (tertiary/aromatic N) is 1. The summed E-state index contributed by atoms with van der Waals surface area (Å²) >= 11 is 0. The zero-order valence-electron chi connectivity index (χ0n) is 12.7. The number of hydrogen-bond donors (Lipinski definition) is 0. The number of esters is 1. The first kappa shape index (κ1) is 16.7. The van der Waals surface area contributed by atoms with E-state index in [0.29, 0.717) is 19.3 Å². The molecule has 0 radical (unpaired) electrons. The van der Waals surface area contributed by atoms with Gasteiger partial charge >= 0.3 is 5.97 Å². The molecule has 20 heavy (non-hydrogen) atoms. The van der Waals surface area contributed by atoms with Crippen molar-refractivity contribution in [3.63, 3.8) is 0 Å². The predicted octanol–water partition coefficient (Wildman–Crippen LogP) is 2.48. The lowest BCUT2D eigenvalue weighted by Gasteiger charge is -2.26. The molecule has 4 nitrogen and oxygen atoms in total. The average Bonchev–Trinajstić information content (AvgIpc) is 2.43. The Morgan fingerprint density at radius 1 is 1.25 bits per heavy atom. The van der Waals surface area contributed by atoms with E-state index in [9.17, 15) is 4.79 Å². The van der Waals surface area contributed by atoms with E-state index in [2.05, 4.69) is 30.9 Å². The van der Waals surface area contributed by atoms with E-state index in [4.69, 9.17) is 9.47 Å². The fraction of sp³-hybridized carbons (Fsp3) is 0.562. The van der Waals surface area contributed by atoms with Crippen molar-refractivity contribution in [2.24, 2.45) is 0 Å². The highest BCUT2D eigenvalue weighted by Crippen LogP contribution is 2.07. The van der Waals surface area contributed by atoms with Gasteiger partial charge in [0.25, 0.3) is 0 Å². The highest BCUT2D eigenvalue weighted by Gasteiger charge is 2.10. The van der Waals surface area contributed by atoms with Gasteiger partial charge in [0.05, 0.1) is 13.2 Å². The minimum absolute atomic E-state index is 0.0328. The molecule has 0 saturated carbocycles. The van der Waals surface area contributed by atoms with Crippen molar-refractivity contribution >= 4 is 5.97 Å². The van der Waals surface area contributed by atoms with Crippen molar-refractivity contribution in [2.45, 2.75) is 33.4 Å². The second-order valence-corrected chi connectivity index (χ2v) is 4.91. The third kappa shape index (κ3) is 6.68. The van der Waals surface area contributed by atoms with Crippen LogP contribution in [-0.4, -0.2) is 43.3 Å². The number of carbonyl (C=O) groups excluding carboxylic acids is 1. The molecule has 0 N–H and O–H groups in total. The molecule has 4 heteroatoms. The smallest absolute Gasteiger partial charge is 0.332 e. The van der Waals surface area contributed by atoms with E-state index in [1.54, 1.807) is 6.92 Å². The van der Waals surface area contributed by atoms with Crippen molar-refractivity contribution in [1.29, 1.82) is 0 Å². The van der Waals surface area contributed by atoms with E-state index in [1.165, 1.54) is 5.56 Å². The van der Waals surface area contributed by atoms with Crippen molar-refractivity contribution < 1.29 is 14.3 Å². The fourth-order valence-corrected chi connectivity index (χ4v) is 1.88. The molecule has 112 valence electrons. The number of ether oxygens (including phenoxy) is 2. The quantitative estimate of drug-likeness (QED) is 0.514. The summed E-state index contributed by atoms with van der Waals surface area (Å²) in [6.07, 6.45) is 0. The summed E-state index contributed by atoms with van der Waals surface area (Å²) in [5.74, 6) is -0.299. The van der Waals surface area contributed by atoms with E-state index < -0.39 is 0 Å². The van der Waals surface area contributed by atoms with Gasteiger partial charge in [-0.2, -0.15) is 0 Å². The molecule has 0 spiro atoms. The van der Waals surface area contributed by atoms with Gasteiger partial charge in [-0.25, -0.2) is 4.79 Å². The molecule has 1 aromatic rings. The Morgan fingerprint density at radius 3 is 2.55 bits per heavy atom. The summed E-state index contributed by atoms with van der Waals surface area (Å²) in [6, 6.07) is 10.8. The molecule has 1 aromatic carbocycles. The fourth-order valence-electron chi connectivity index (χ4n) is 1.88. The van der Waals surface area contributed by atoms with Crippen LogP contribution in [0.3, 0.4) is 0 Å². The van der Waals surface area contributed by atoms with Crippen LogP contribution in [0.2, 0.25) is 0 Å². The predicted molar refractivity (Wildman–Crippen MR) is 79.4 cm³/mol. The minimum atomic E-state index is -0.299. The van der Waals surface area contributed by atoms with Gasteiger partial charge in [-0.3, -0.25) is 4.90 Å². The molecular weight excluding hydrogens is 254 g/mol. The average molecular weight is 279 g/mol. The van der Waals surface area contributed by atoms with Gasteiger partial charge in [0.1, 0.15) is 6.61 Å². The van der Waals surface area contributed by atoms with Crippen LogP contribution in [0.1, 0.15) is 26.3 Å². The van der Waals surface area contributed by atoms with Crippen molar-refractivity contribution in [2.75, 3.05) is 26.4 Å². The topological polar surface area (TPSA) is 38.8 Å². The second kappa shape index (κ2) is 9.50. The zero-order chi connectivity index (χ0) is 14.8. The van der Waals surface area contributed by atoms with E-state index >= 15 is 0 Å². The lowest BCUT2D eigenvalue weighted by atomic mass is 10.2. The molecule has 0 aliphatic heterocycles. The number of rotatable bonds is 9. The standard InChI is InChI=1S/C16H25NO3/c1-4-20-16(18)13-19-11-10-17(14(2)3)12-15-8-6-5-7-9-15/h5-9,14H,4,10-13H2,1-3H3. The van der Waals surface area contributed by atoms with E-state index in [1.807, 2.05) is 18.2 Å². The van der Waals surface area contributed by atoms with Crippen LogP contribution in [-0.2, 0) is 20.8 Å². The summed E-state index contributed by atoms with van der Waals surface area (Å²) in [6.45, 7) is 8.76. The maximum atomic E-state index is 11.2. The highest BCUT2D eigenvalue weighted by molar-refractivity contribution is 5.70. The molecule has 0 fully saturated rings. The van der Waals surface area contributed by atoms with Crippen LogP contribution in [0.5, 0.6) is 0 Å². The van der Waals surface area contributed by atoms with Gasteiger partial charge in [0, 0.05) is 19.1 Å². The van der Waals surface area contributed by atoms with Crippen LogP contribution in [0.4, 0.5) is 0 Å². The molecule has 0 aliphatic rings. The number of benzene rings is 1. The van der Waals surface area contributed by atoms with Gasteiger partial charge in [-0.1, -0.05) is 30.3 Å². The normalized spacial score (nSPS) is 11.1. The highest BCUT2D eigenvalue weighted by atomic mass is 16.6. The Morgan fingerprint density at radius 2 is 1.95 bits per heavy atom. The molecule has 0 amide bonds. The van der Waals surface area contributed by atoms with Crippen LogP contribution < -0.4 is 0 Å². The summed E-state index contributed by atoms with van der Waals surface area (Å²) in [7, 11) is 0. The summed E-state index contributed by atoms with van der Waals surface area (Å²) in [4.78, 5) is 13.5. The number of carbonyl (C=O) groups is 1. The monoisotopic (exact) mass is 279 g/mol. The molecule has 0 aromatic heterocycles. The van der Waals surface area contributed by atoms with Crippen molar-refractivity contribution in [3.05, 3.63) is 35.9 Å². The molecule has 0 unspecified atom stereocenters. The molecule has 0 aliphatic carbocycles. The van der Waals surface area contributed by atoms with Crippen LogP contribution in [0.15, 0.2) is 30.3 Å². The van der Waals surface area contributed by atoms with Crippen molar-refractivity contribution in [3.8, 4) is 0 Å². The van der Waals surface area contributed by atoms with Crippen molar-refractivity contribution in [1.82, 2.24) is 4.90 Å². The molecule has 0 saturated heterocycles. The number of hydrogen-bond acceptors (Lipinski definition) is 4. The Hall–Kier alpha value is -1.39. The van der Waals surface area contributed by atoms with Crippen LogP contribution >= 0.6 is 0 Å². The third-order valence-electron chi connectivity index (χ3n) is 3.01. The summed E-state index contributed by atoms with van der Waals surface area (Å²) in [5, 5.41) is 0. The first-order valence-corrected chi connectivity index (χ1v) is 7.14. The first-order chi connectivity index (χ1) is 9.63. The van der Waals surface area contributed by atoms with Gasteiger partial charge in [-0.05, 0) is 26.3 Å². The largest absolute Gasteiger partial charge is 0.464 e.